The van der Waals surface area contributed by atoms with Crippen LogP contribution in [0.25, 0.3) is 4.83 Å². The van der Waals surface area contributed by atoms with Gasteiger partial charge in [0, 0.05) is 0 Å². The number of fused-ring (bicyclic) bond motifs is 1. The van der Waals surface area contributed by atoms with E-state index < -0.39 is 18.4 Å². The van der Waals surface area contributed by atoms with E-state index in [1.54, 1.807) is 12.4 Å². The summed E-state index contributed by atoms with van der Waals surface area (Å²) in [7, 11) is 0. The molecule has 0 radical (unpaired) electrons. The standard InChI is InChI=1S/C11H6N3OS.3C4H9.Sn/c15-11(8-2-1-3-12-4-8)9-6-16-10-5-13-7-14(9)10;3*1-3-4-2;/h1-5,7H;3*1,3-4H2,2H3;. The Kier molecular flexibility index (Phi) is 8.30. The number of carbonyl (C=O) groups is 1. The maximum atomic E-state index is 13.7. The molecule has 0 aliphatic carbocycles. The van der Waals surface area contributed by atoms with Gasteiger partial charge in [0.1, 0.15) is 0 Å². The molecule has 156 valence electrons. The molecule has 0 N–H and O–H groups in total. The van der Waals surface area contributed by atoms with Crippen LogP contribution in [0.15, 0.2) is 37.1 Å². The van der Waals surface area contributed by atoms with Gasteiger partial charge in [-0.2, -0.15) is 0 Å². The number of thiazole rings is 1. The van der Waals surface area contributed by atoms with E-state index >= 15 is 0 Å². The summed E-state index contributed by atoms with van der Waals surface area (Å²) in [5, 5.41) is 0. The van der Waals surface area contributed by atoms with Crippen molar-refractivity contribution in [3.8, 4) is 0 Å². The Hall–Kier alpha value is -1.21. The van der Waals surface area contributed by atoms with Gasteiger partial charge in [0.2, 0.25) is 0 Å². The molecule has 0 aliphatic heterocycles. The van der Waals surface area contributed by atoms with Gasteiger partial charge < -0.3 is 0 Å². The summed E-state index contributed by atoms with van der Waals surface area (Å²) in [6, 6.07) is 3.74. The molecular formula is C23H33N3OSSn. The first-order valence-corrected chi connectivity index (χ1v) is 19.4. The minimum absolute atomic E-state index is 0.114. The summed E-state index contributed by atoms with van der Waals surface area (Å²) in [5.74, 6) is 0.114. The van der Waals surface area contributed by atoms with Crippen molar-refractivity contribution >= 4 is 43.2 Å². The summed E-state index contributed by atoms with van der Waals surface area (Å²) in [5.41, 5.74) is 1.58. The summed E-state index contributed by atoms with van der Waals surface area (Å²) in [6.07, 6.45) is 14.7. The van der Waals surface area contributed by atoms with Crippen LogP contribution in [0.3, 0.4) is 0 Å². The monoisotopic (exact) mass is 519 g/mol. The molecule has 3 aromatic heterocycles. The van der Waals surface area contributed by atoms with E-state index in [0.29, 0.717) is 5.56 Å². The van der Waals surface area contributed by atoms with Crippen molar-refractivity contribution < 1.29 is 4.79 Å². The van der Waals surface area contributed by atoms with Crippen LogP contribution in [0.1, 0.15) is 75.3 Å². The van der Waals surface area contributed by atoms with Crippen molar-refractivity contribution in [2.45, 2.75) is 72.6 Å². The van der Waals surface area contributed by atoms with Crippen LogP contribution in [0.5, 0.6) is 0 Å². The molecular weight excluding hydrogens is 485 g/mol. The molecule has 6 heteroatoms. The molecule has 0 atom stereocenters. The first kappa shape index (κ1) is 22.5. The Labute approximate surface area is 182 Å². The Bertz CT molecular complexity index is 897. The van der Waals surface area contributed by atoms with Gasteiger partial charge in [-0.3, -0.25) is 0 Å². The van der Waals surface area contributed by atoms with Crippen LogP contribution in [0, 0.1) is 0 Å². The Balaban J connectivity index is 2.17. The SMILES string of the molecule is CCC[CH2][Sn]([CH2]CCC)([CH2]CCC)[c]1sc2cncn2c1C(=O)c1cccnc1. The predicted octanol–water partition coefficient (Wildman–Crippen LogP) is 6.08. The van der Waals surface area contributed by atoms with Crippen molar-refractivity contribution in [2.24, 2.45) is 0 Å². The normalized spacial score (nSPS) is 12.0. The Morgan fingerprint density at radius 3 is 2.21 bits per heavy atom. The second-order valence-corrected chi connectivity index (χ2v) is 23.1. The number of imidazole rings is 1. The van der Waals surface area contributed by atoms with E-state index in [1.807, 2.05) is 36.0 Å². The van der Waals surface area contributed by atoms with Gasteiger partial charge in [-0.15, -0.1) is 0 Å². The summed E-state index contributed by atoms with van der Waals surface area (Å²) in [6.45, 7) is 6.88. The minimum atomic E-state index is -2.75. The quantitative estimate of drug-likeness (QED) is 0.216. The Morgan fingerprint density at radius 1 is 1.00 bits per heavy atom. The van der Waals surface area contributed by atoms with E-state index in [4.69, 9.17) is 0 Å². The topological polar surface area (TPSA) is 47.3 Å². The molecule has 3 heterocycles. The van der Waals surface area contributed by atoms with Crippen molar-refractivity contribution in [2.75, 3.05) is 0 Å². The summed E-state index contributed by atoms with van der Waals surface area (Å²) < 4.78 is 7.60. The van der Waals surface area contributed by atoms with Crippen LogP contribution in [0.4, 0.5) is 0 Å². The summed E-state index contributed by atoms with van der Waals surface area (Å²) in [4.78, 5) is 23.3. The number of ketones is 1. The number of hydrogen-bond acceptors (Lipinski definition) is 4. The fourth-order valence-corrected chi connectivity index (χ4v) is 25.1. The van der Waals surface area contributed by atoms with E-state index in [0.717, 1.165) is 10.5 Å². The third-order valence-electron chi connectivity index (χ3n) is 5.91. The van der Waals surface area contributed by atoms with Crippen molar-refractivity contribution in [1.29, 1.82) is 0 Å². The van der Waals surface area contributed by atoms with Crippen molar-refractivity contribution in [3.63, 3.8) is 0 Å². The van der Waals surface area contributed by atoms with Crippen LogP contribution >= 0.6 is 11.3 Å². The molecule has 0 saturated carbocycles. The van der Waals surface area contributed by atoms with E-state index in [9.17, 15) is 4.79 Å². The number of pyridine rings is 1. The maximum absolute atomic E-state index is 13.7. The Morgan fingerprint density at radius 2 is 1.66 bits per heavy atom. The average molecular weight is 518 g/mol. The van der Waals surface area contributed by atoms with Gasteiger partial charge in [0.25, 0.3) is 0 Å². The second-order valence-electron chi connectivity index (χ2n) is 8.04. The fourth-order valence-electron chi connectivity index (χ4n) is 4.26. The first-order chi connectivity index (χ1) is 14.2. The third kappa shape index (κ3) is 4.93. The molecule has 3 rings (SSSR count). The molecule has 0 amide bonds. The zero-order chi connectivity index (χ0) is 20.7. The molecule has 0 spiro atoms. The fraction of sp³-hybridized carbons (Fsp3) is 0.522. The molecule has 0 saturated heterocycles. The molecule has 29 heavy (non-hydrogen) atoms. The first-order valence-electron chi connectivity index (χ1n) is 11.1. The summed E-state index contributed by atoms with van der Waals surface area (Å²) >= 11 is -0.882. The van der Waals surface area contributed by atoms with Crippen LogP contribution < -0.4 is 2.89 Å². The zero-order valence-corrected chi connectivity index (χ0v) is 21.7. The van der Waals surface area contributed by atoms with Gasteiger partial charge in [-0.25, -0.2) is 0 Å². The van der Waals surface area contributed by atoms with Crippen LogP contribution in [-0.4, -0.2) is 38.5 Å². The number of aromatic nitrogens is 3. The van der Waals surface area contributed by atoms with Gasteiger partial charge >= 0.3 is 183 Å². The van der Waals surface area contributed by atoms with Crippen molar-refractivity contribution in [1.82, 2.24) is 14.4 Å². The molecule has 4 nitrogen and oxygen atoms in total. The molecule has 0 fully saturated rings. The van der Waals surface area contributed by atoms with E-state index in [-0.39, 0.29) is 5.78 Å². The average Bonchev–Trinajstić information content (AvgIpc) is 3.35. The van der Waals surface area contributed by atoms with Gasteiger partial charge in [-0.1, -0.05) is 0 Å². The van der Waals surface area contributed by atoms with E-state index in [1.165, 1.54) is 54.7 Å². The number of hydrogen-bond donors (Lipinski definition) is 0. The molecule has 0 unspecified atom stereocenters. The molecule has 0 bridgehead atoms. The molecule has 0 aromatic carbocycles. The predicted molar refractivity (Wildman–Crippen MR) is 125 cm³/mol. The van der Waals surface area contributed by atoms with Gasteiger partial charge in [-0.05, 0) is 0 Å². The molecule has 3 aromatic rings. The van der Waals surface area contributed by atoms with Gasteiger partial charge in [0.05, 0.1) is 0 Å². The number of carbonyl (C=O) groups excluding carboxylic acids is 1. The van der Waals surface area contributed by atoms with Gasteiger partial charge in [0.15, 0.2) is 0 Å². The molecule has 0 aliphatic rings. The van der Waals surface area contributed by atoms with Crippen molar-refractivity contribution in [3.05, 3.63) is 48.3 Å². The number of nitrogens with zero attached hydrogens (tertiary/aromatic N) is 3. The number of unbranched alkanes of at least 4 members (excludes halogenated alkanes) is 3. The third-order valence-corrected chi connectivity index (χ3v) is 25.2. The van der Waals surface area contributed by atoms with Crippen LogP contribution in [0.2, 0.25) is 13.3 Å². The zero-order valence-electron chi connectivity index (χ0n) is 18.0. The number of rotatable bonds is 12. The van der Waals surface area contributed by atoms with E-state index in [2.05, 4.69) is 35.1 Å². The van der Waals surface area contributed by atoms with Crippen LogP contribution in [-0.2, 0) is 0 Å². The second kappa shape index (κ2) is 10.7.